The molecule has 0 unspecified atom stereocenters. The summed E-state index contributed by atoms with van der Waals surface area (Å²) < 4.78 is 0. The Kier molecular flexibility index (Phi) is 6.12. The molecule has 0 rings (SSSR count). The summed E-state index contributed by atoms with van der Waals surface area (Å²) in [7, 11) is 0. The fraction of sp³-hybridized carbons (Fsp3) is 0.857. The Labute approximate surface area is 100 Å². The first-order chi connectivity index (χ1) is 7.33. The standard InChI is InChI=1S/C14H24N2/c1-13(2,11-15)9-7-5-6-8-10-14(3,4)12-16/h5-10H2,1-4H3. The van der Waals surface area contributed by atoms with Crippen molar-refractivity contribution in [3.63, 3.8) is 0 Å². The smallest absolute Gasteiger partial charge is 0.0683 e. The van der Waals surface area contributed by atoms with Crippen LogP contribution >= 0.6 is 0 Å². The van der Waals surface area contributed by atoms with Gasteiger partial charge in [0.25, 0.3) is 0 Å². The summed E-state index contributed by atoms with van der Waals surface area (Å²) in [5, 5.41) is 17.7. The average Bonchev–Trinajstić information content (AvgIpc) is 2.23. The van der Waals surface area contributed by atoms with Crippen LogP contribution in [-0.2, 0) is 0 Å². The third-order valence-electron chi connectivity index (χ3n) is 2.96. The first-order valence-corrected chi connectivity index (χ1v) is 6.15. The second-order valence-electron chi connectivity index (χ2n) is 5.91. The van der Waals surface area contributed by atoms with Crippen molar-refractivity contribution in [2.45, 2.75) is 66.2 Å². The molecule has 0 spiro atoms. The maximum atomic E-state index is 8.85. The molecule has 0 aromatic rings. The third kappa shape index (κ3) is 7.30. The van der Waals surface area contributed by atoms with Crippen molar-refractivity contribution in [1.82, 2.24) is 0 Å². The zero-order valence-corrected chi connectivity index (χ0v) is 11.1. The van der Waals surface area contributed by atoms with Gasteiger partial charge in [-0.25, -0.2) is 0 Å². The SMILES string of the molecule is CC(C)(C#N)CCCCCCC(C)(C)C#N. The lowest BCUT2D eigenvalue weighted by Crippen LogP contribution is -2.08. The largest absolute Gasteiger partial charge is 0.198 e. The maximum absolute atomic E-state index is 8.85. The number of nitriles is 2. The first-order valence-electron chi connectivity index (χ1n) is 6.15. The normalized spacial score (nSPS) is 11.9. The number of unbranched alkanes of at least 4 members (excludes halogenated alkanes) is 3. The molecule has 90 valence electrons. The van der Waals surface area contributed by atoms with Crippen molar-refractivity contribution in [3.8, 4) is 12.1 Å². The van der Waals surface area contributed by atoms with Crippen molar-refractivity contribution in [2.24, 2.45) is 10.8 Å². The van der Waals surface area contributed by atoms with E-state index in [0.29, 0.717) is 0 Å². The molecule has 0 atom stereocenters. The number of hydrogen-bond donors (Lipinski definition) is 0. The summed E-state index contributed by atoms with van der Waals surface area (Å²) in [6.07, 6.45) is 6.54. The molecule has 0 saturated carbocycles. The first kappa shape index (κ1) is 15.0. The highest BCUT2D eigenvalue weighted by molar-refractivity contribution is 4.92. The predicted octanol–water partition coefficient (Wildman–Crippen LogP) is 4.43. The molecule has 0 bridgehead atoms. The van der Waals surface area contributed by atoms with E-state index in [4.69, 9.17) is 10.5 Å². The van der Waals surface area contributed by atoms with E-state index in [1.54, 1.807) is 0 Å². The number of rotatable bonds is 7. The molecule has 2 nitrogen and oxygen atoms in total. The van der Waals surface area contributed by atoms with Crippen LogP contribution in [-0.4, -0.2) is 0 Å². The van der Waals surface area contributed by atoms with Crippen LogP contribution in [0.15, 0.2) is 0 Å². The van der Waals surface area contributed by atoms with Crippen LogP contribution in [0.1, 0.15) is 66.2 Å². The van der Waals surface area contributed by atoms with Gasteiger partial charge in [-0.2, -0.15) is 10.5 Å². The van der Waals surface area contributed by atoms with Gasteiger partial charge >= 0.3 is 0 Å². The quantitative estimate of drug-likeness (QED) is 0.596. The number of nitrogens with zero attached hydrogens (tertiary/aromatic N) is 2. The van der Waals surface area contributed by atoms with Gasteiger partial charge in [0.15, 0.2) is 0 Å². The zero-order chi connectivity index (χ0) is 12.7. The van der Waals surface area contributed by atoms with Crippen molar-refractivity contribution < 1.29 is 0 Å². The van der Waals surface area contributed by atoms with Crippen LogP contribution < -0.4 is 0 Å². The van der Waals surface area contributed by atoms with E-state index in [1.165, 1.54) is 12.8 Å². The minimum Gasteiger partial charge on any atom is -0.198 e. The Hall–Kier alpha value is -1.02. The van der Waals surface area contributed by atoms with Crippen LogP contribution in [0.2, 0.25) is 0 Å². The van der Waals surface area contributed by atoms with E-state index in [0.717, 1.165) is 25.7 Å². The summed E-state index contributed by atoms with van der Waals surface area (Å²) in [6.45, 7) is 7.97. The molecule has 0 heterocycles. The molecule has 0 aliphatic heterocycles. The summed E-state index contributed by atoms with van der Waals surface area (Å²) in [4.78, 5) is 0. The van der Waals surface area contributed by atoms with E-state index < -0.39 is 0 Å². The third-order valence-corrected chi connectivity index (χ3v) is 2.96. The molecule has 2 heteroatoms. The van der Waals surface area contributed by atoms with E-state index in [1.807, 2.05) is 27.7 Å². The predicted molar refractivity (Wildman–Crippen MR) is 66.5 cm³/mol. The minimum absolute atomic E-state index is 0.175. The Morgan fingerprint density at radius 1 is 0.688 bits per heavy atom. The van der Waals surface area contributed by atoms with E-state index >= 15 is 0 Å². The van der Waals surface area contributed by atoms with Crippen molar-refractivity contribution in [3.05, 3.63) is 0 Å². The van der Waals surface area contributed by atoms with Crippen LogP contribution in [0.4, 0.5) is 0 Å². The molecule has 0 aromatic heterocycles. The van der Waals surface area contributed by atoms with Gasteiger partial charge in [0.1, 0.15) is 0 Å². The molecule has 0 fully saturated rings. The van der Waals surface area contributed by atoms with Gasteiger partial charge in [-0.05, 0) is 40.5 Å². The van der Waals surface area contributed by atoms with Gasteiger partial charge in [0, 0.05) is 0 Å². The highest BCUT2D eigenvalue weighted by Gasteiger charge is 2.17. The average molecular weight is 220 g/mol. The minimum atomic E-state index is -0.175. The van der Waals surface area contributed by atoms with Gasteiger partial charge < -0.3 is 0 Å². The highest BCUT2D eigenvalue weighted by Crippen LogP contribution is 2.25. The lowest BCUT2D eigenvalue weighted by molar-refractivity contribution is 0.396. The second-order valence-corrected chi connectivity index (χ2v) is 5.91. The summed E-state index contributed by atoms with van der Waals surface area (Å²) in [6, 6.07) is 4.65. The Bertz CT molecular complexity index is 246. The van der Waals surface area contributed by atoms with Crippen LogP contribution in [0.25, 0.3) is 0 Å². The monoisotopic (exact) mass is 220 g/mol. The molecule has 16 heavy (non-hydrogen) atoms. The number of hydrogen-bond acceptors (Lipinski definition) is 2. The maximum Gasteiger partial charge on any atom is 0.0683 e. The zero-order valence-electron chi connectivity index (χ0n) is 11.1. The van der Waals surface area contributed by atoms with Crippen LogP contribution in [0.5, 0.6) is 0 Å². The van der Waals surface area contributed by atoms with Gasteiger partial charge in [-0.3, -0.25) is 0 Å². The lowest BCUT2D eigenvalue weighted by Gasteiger charge is -2.16. The highest BCUT2D eigenvalue weighted by atomic mass is 14.3. The fourth-order valence-corrected chi connectivity index (χ4v) is 1.60. The van der Waals surface area contributed by atoms with Crippen molar-refractivity contribution in [1.29, 1.82) is 10.5 Å². The lowest BCUT2D eigenvalue weighted by atomic mass is 9.86. The Balaban J connectivity index is 3.51. The van der Waals surface area contributed by atoms with Gasteiger partial charge in [-0.1, -0.05) is 25.7 Å². The van der Waals surface area contributed by atoms with Gasteiger partial charge in [0.05, 0.1) is 23.0 Å². The topological polar surface area (TPSA) is 47.6 Å². The van der Waals surface area contributed by atoms with Crippen molar-refractivity contribution >= 4 is 0 Å². The molecule has 0 aromatic carbocycles. The molecular formula is C14H24N2. The molecule has 0 radical (unpaired) electrons. The molecule has 0 amide bonds. The van der Waals surface area contributed by atoms with Gasteiger partial charge in [0.2, 0.25) is 0 Å². The second kappa shape index (κ2) is 6.54. The fourth-order valence-electron chi connectivity index (χ4n) is 1.60. The summed E-state index contributed by atoms with van der Waals surface area (Å²) >= 11 is 0. The van der Waals surface area contributed by atoms with Gasteiger partial charge in [-0.15, -0.1) is 0 Å². The van der Waals surface area contributed by atoms with E-state index in [-0.39, 0.29) is 10.8 Å². The molecule has 0 aliphatic carbocycles. The van der Waals surface area contributed by atoms with Crippen molar-refractivity contribution in [2.75, 3.05) is 0 Å². The summed E-state index contributed by atoms with van der Waals surface area (Å²) in [5.41, 5.74) is -0.349. The van der Waals surface area contributed by atoms with E-state index in [9.17, 15) is 0 Å². The van der Waals surface area contributed by atoms with E-state index in [2.05, 4.69) is 12.1 Å². The van der Waals surface area contributed by atoms with Crippen LogP contribution in [0, 0.1) is 33.5 Å². The molecular weight excluding hydrogens is 196 g/mol. The summed E-state index contributed by atoms with van der Waals surface area (Å²) in [5.74, 6) is 0. The molecule has 0 saturated heterocycles. The van der Waals surface area contributed by atoms with Crippen LogP contribution in [0.3, 0.4) is 0 Å². The molecule has 0 aliphatic rings. The Morgan fingerprint density at radius 2 is 1.00 bits per heavy atom. The molecule has 0 N–H and O–H groups in total. The Morgan fingerprint density at radius 3 is 1.25 bits per heavy atom.